The molecule has 5 nitrogen and oxygen atoms in total. The van der Waals surface area contributed by atoms with Gasteiger partial charge in [0.25, 0.3) is 0 Å². The zero-order valence-electron chi connectivity index (χ0n) is 13.7. The molecular weight excluding hydrogens is 292 g/mol. The first-order valence-corrected chi connectivity index (χ1v) is 8.83. The summed E-state index contributed by atoms with van der Waals surface area (Å²) in [6.45, 7) is 2.69. The molecule has 2 heterocycles. The van der Waals surface area contributed by atoms with E-state index in [4.69, 9.17) is 4.42 Å². The normalized spacial score (nSPS) is 19.8. The van der Waals surface area contributed by atoms with Crippen LogP contribution in [0.4, 0.5) is 0 Å². The molecule has 5 heteroatoms. The van der Waals surface area contributed by atoms with Gasteiger partial charge in [-0.1, -0.05) is 19.3 Å². The molecule has 1 saturated carbocycles. The van der Waals surface area contributed by atoms with Gasteiger partial charge in [0.05, 0.1) is 6.26 Å². The van der Waals surface area contributed by atoms with Crippen molar-refractivity contribution in [3.8, 4) is 0 Å². The molecule has 0 aromatic carbocycles. The van der Waals surface area contributed by atoms with Crippen molar-refractivity contribution in [3.05, 3.63) is 24.2 Å². The Bertz CT molecular complexity index is 512. The van der Waals surface area contributed by atoms with Crippen molar-refractivity contribution in [2.24, 2.45) is 5.92 Å². The summed E-state index contributed by atoms with van der Waals surface area (Å²) >= 11 is 0. The molecule has 0 bridgehead atoms. The largest absolute Gasteiger partial charge is 0.469 e. The van der Waals surface area contributed by atoms with Crippen LogP contribution in [-0.4, -0.2) is 47.8 Å². The number of rotatable bonds is 4. The van der Waals surface area contributed by atoms with Crippen molar-refractivity contribution >= 4 is 11.8 Å². The molecular formula is C18H26N2O3. The Morgan fingerprint density at radius 1 is 1.04 bits per heavy atom. The topological polar surface area (TPSA) is 53.8 Å². The molecule has 3 rings (SSSR count). The first-order valence-electron chi connectivity index (χ1n) is 8.83. The Hall–Kier alpha value is -1.78. The molecule has 1 aromatic heterocycles. The van der Waals surface area contributed by atoms with Gasteiger partial charge in [0.2, 0.25) is 11.8 Å². The summed E-state index contributed by atoms with van der Waals surface area (Å²) in [6, 6.07) is 3.74. The maximum absolute atomic E-state index is 12.5. The second-order valence-electron chi connectivity index (χ2n) is 6.62. The molecule has 0 atom stereocenters. The molecule has 126 valence electrons. The first-order chi connectivity index (χ1) is 11.2. The van der Waals surface area contributed by atoms with Gasteiger partial charge >= 0.3 is 0 Å². The lowest BCUT2D eigenvalue weighted by Crippen LogP contribution is -2.52. The van der Waals surface area contributed by atoms with Gasteiger partial charge in [-0.15, -0.1) is 0 Å². The van der Waals surface area contributed by atoms with Crippen molar-refractivity contribution in [2.75, 3.05) is 26.2 Å². The van der Waals surface area contributed by atoms with E-state index < -0.39 is 0 Å². The fourth-order valence-electron chi connectivity index (χ4n) is 3.63. The van der Waals surface area contributed by atoms with E-state index in [0.717, 1.165) is 18.6 Å². The summed E-state index contributed by atoms with van der Waals surface area (Å²) in [7, 11) is 0. The zero-order valence-corrected chi connectivity index (χ0v) is 13.7. The van der Waals surface area contributed by atoms with Crippen molar-refractivity contribution < 1.29 is 14.0 Å². The molecule has 0 spiro atoms. The summed E-state index contributed by atoms with van der Waals surface area (Å²) in [5.41, 5.74) is 0. The molecule has 0 unspecified atom stereocenters. The molecule has 0 radical (unpaired) electrons. The van der Waals surface area contributed by atoms with Gasteiger partial charge in [-0.05, 0) is 25.0 Å². The number of hydrogen-bond donors (Lipinski definition) is 0. The van der Waals surface area contributed by atoms with Crippen LogP contribution in [0.3, 0.4) is 0 Å². The van der Waals surface area contributed by atoms with E-state index in [2.05, 4.69) is 0 Å². The number of furan rings is 1. The third-order valence-corrected chi connectivity index (χ3v) is 5.06. The van der Waals surface area contributed by atoms with E-state index in [1.807, 2.05) is 21.9 Å². The van der Waals surface area contributed by atoms with Gasteiger partial charge in [-0.3, -0.25) is 9.59 Å². The van der Waals surface area contributed by atoms with Crippen LogP contribution in [0.15, 0.2) is 22.8 Å². The van der Waals surface area contributed by atoms with Crippen LogP contribution in [0, 0.1) is 5.92 Å². The van der Waals surface area contributed by atoms with E-state index in [0.29, 0.717) is 44.9 Å². The Morgan fingerprint density at radius 2 is 1.74 bits per heavy atom. The zero-order chi connectivity index (χ0) is 16.1. The van der Waals surface area contributed by atoms with Gasteiger partial charge in [-0.25, -0.2) is 0 Å². The molecule has 1 aromatic rings. The SMILES string of the molecule is O=C(CCc1ccco1)N1CCN(C(=O)C2CCCCC2)CC1. The summed E-state index contributed by atoms with van der Waals surface area (Å²) in [6.07, 6.45) is 8.47. The lowest BCUT2D eigenvalue weighted by atomic mass is 9.88. The predicted molar refractivity (Wildman–Crippen MR) is 86.8 cm³/mol. The van der Waals surface area contributed by atoms with E-state index >= 15 is 0 Å². The third-order valence-electron chi connectivity index (χ3n) is 5.06. The number of aryl methyl sites for hydroxylation is 1. The van der Waals surface area contributed by atoms with Gasteiger partial charge < -0.3 is 14.2 Å². The number of amides is 2. The van der Waals surface area contributed by atoms with Crippen LogP contribution < -0.4 is 0 Å². The molecule has 2 aliphatic rings. The molecule has 1 aliphatic heterocycles. The highest BCUT2D eigenvalue weighted by molar-refractivity contribution is 5.80. The third kappa shape index (κ3) is 4.15. The Balaban J connectivity index is 1.42. The second kappa shape index (κ2) is 7.66. The number of carbonyl (C=O) groups excluding carboxylic acids is 2. The second-order valence-corrected chi connectivity index (χ2v) is 6.62. The quantitative estimate of drug-likeness (QED) is 0.857. The average molecular weight is 318 g/mol. The summed E-state index contributed by atoms with van der Waals surface area (Å²) in [5.74, 6) is 1.55. The van der Waals surface area contributed by atoms with Gasteiger partial charge in [-0.2, -0.15) is 0 Å². The minimum atomic E-state index is 0.158. The van der Waals surface area contributed by atoms with Crippen LogP contribution in [0.2, 0.25) is 0 Å². The van der Waals surface area contributed by atoms with Crippen LogP contribution in [0.25, 0.3) is 0 Å². The fraction of sp³-hybridized carbons (Fsp3) is 0.667. The Morgan fingerprint density at radius 3 is 2.39 bits per heavy atom. The van der Waals surface area contributed by atoms with E-state index in [1.54, 1.807) is 6.26 Å². The minimum absolute atomic E-state index is 0.158. The highest BCUT2D eigenvalue weighted by atomic mass is 16.3. The van der Waals surface area contributed by atoms with Gasteiger partial charge in [0.15, 0.2) is 0 Å². The van der Waals surface area contributed by atoms with E-state index in [1.165, 1.54) is 19.3 Å². The Labute approximate surface area is 137 Å². The minimum Gasteiger partial charge on any atom is -0.469 e. The smallest absolute Gasteiger partial charge is 0.225 e. The Kier molecular flexibility index (Phi) is 5.36. The molecule has 0 N–H and O–H groups in total. The van der Waals surface area contributed by atoms with Crippen molar-refractivity contribution in [3.63, 3.8) is 0 Å². The van der Waals surface area contributed by atoms with Gasteiger partial charge in [0.1, 0.15) is 5.76 Å². The highest BCUT2D eigenvalue weighted by Crippen LogP contribution is 2.25. The lowest BCUT2D eigenvalue weighted by molar-refractivity contribution is -0.142. The van der Waals surface area contributed by atoms with E-state index in [9.17, 15) is 9.59 Å². The van der Waals surface area contributed by atoms with Crippen molar-refractivity contribution in [2.45, 2.75) is 44.9 Å². The summed E-state index contributed by atoms with van der Waals surface area (Å²) < 4.78 is 5.26. The lowest BCUT2D eigenvalue weighted by Gasteiger charge is -2.37. The maximum Gasteiger partial charge on any atom is 0.225 e. The molecule has 1 aliphatic carbocycles. The van der Waals surface area contributed by atoms with Crippen molar-refractivity contribution in [1.29, 1.82) is 0 Å². The van der Waals surface area contributed by atoms with Crippen LogP contribution in [0.1, 0.15) is 44.3 Å². The highest BCUT2D eigenvalue weighted by Gasteiger charge is 2.29. The van der Waals surface area contributed by atoms with Crippen molar-refractivity contribution in [1.82, 2.24) is 9.80 Å². The number of carbonyl (C=O) groups is 2. The van der Waals surface area contributed by atoms with Crippen LogP contribution in [0.5, 0.6) is 0 Å². The predicted octanol–water partition coefficient (Wildman–Crippen LogP) is 2.46. The molecule has 2 amide bonds. The monoisotopic (exact) mass is 318 g/mol. The molecule has 23 heavy (non-hydrogen) atoms. The summed E-state index contributed by atoms with van der Waals surface area (Å²) in [4.78, 5) is 28.6. The van der Waals surface area contributed by atoms with Crippen LogP contribution in [-0.2, 0) is 16.0 Å². The number of nitrogens with zero attached hydrogens (tertiary/aromatic N) is 2. The standard InChI is InChI=1S/C18H26N2O3/c21-17(9-8-16-7-4-14-23-16)19-10-12-20(13-11-19)18(22)15-5-2-1-3-6-15/h4,7,14-15H,1-3,5-6,8-13H2. The van der Waals surface area contributed by atoms with Gasteiger partial charge in [0, 0.05) is 44.9 Å². The maximum atomic E-state index is 12.5. The summed E-state index contributed by atoms with van der Waals surface area (Å²) in [5, 5.41) is 0. The first kappa shape index (κ1) is 16.1. The van der Waals surface area contributed by atoms with Crippen LogP contribution >= 0.6 is 0 Å². The number of hydrogen-bond acceptors (Lipinski definition) is 3. The van der Waals surface area contributed by atoms with E-state index in [-0.39, 0.29) is 11.8 Å². The molecule has 2 fully saturated rings. The fourth-order valence-corrected chi connectivity index (χ4v) is 3.63. The number of piperazine rings is 1. The average Bonchev–Trinajstić information content (AvgIpc) is 3.13. The molecule has 1 saturated heterocycles.